The van der Waals surface area contributed by atoms with Crippen molar-refractivity contribution in [3.8, 4) is 0 Å². The predicted molar refractivity (Wildman–Crippen MR) is 122 cm³/mol. The van der Waals surface area contributed by atoms with Crippen molar-refractivity contribution in [3.63, 3.8) is 0 Å². The highest BCUT2D eigenvalue weighted by molar-refractivity contribution is 9.10. The predicted octanol–water partition coefficient (Wildman–Crippen LogP) is 7.39. The molecule has 0 spiro atoms. The Hall–Kier alpha value is -1.41. The third-order valence-corrected chi connectivity index (χ3v) is 7.53. The number of hydrogen-bond donors (Lipinski definition) is 0. The lowest BCUT2D eigenvalue weighted by Gasteiger charge is -2.49. The Labute approximate surface area is 197 Å². The van der Waals surface area contributed by atoms with Crippen molar-refractivity contribution in [2.24, 2.45) is 5.92 Å². The van der Waals surface area contributed by atoms with Gasteiger partial charge in [0.1, 0.15) is 26.9 Å². The number of hydrogen-bond acceptors (Lipinski definition) is 3. The number of nitrogens with zero attached hydrogens (tertiary/aromatic N) is 2. The van der Waals surface area contributed by atoms with Gasteiger partial charge in [0.05, 0.1) is 6.04 Å². The molecule has 4 rings (SSSR count). The standard InChI is InChI=1S/C23H21BrClF3N2S/c1-23(2,28)20(14-7-17(26)9-18(27)8-14)15-10-30(11-15)21(22-29-19(24)12-31-22)13-3-5-16(25)6-4-13/h3-9,12,15,20-21H,10-11H2,1-2H3/t20-,21-/m1/s1. The molecular formula is C23H21BrClF3N2S. The maximum atomic E-state index is 15.2. The minimum Gasteiger partial charge on any atom is -0.290 e. The lowest BCUT2D eigenvalue weighted by atomic mass is 9.72. The minimum atomic E-state index is -1.63. The number of likely N-dealkylation sites (tertiary alicyclic amines) is 1. The highest BCUT2D eigenvalue weighted by Gasteiger charge is 2.45. The smallest absolute Gasteiger partial charge is 0.126 e. The van der Waals surface area contributed by atoms with Gasteiger partial charge in [0.15, 0.2) is 0 Å². The molecule has 0 saturated carbocycles. The van der Waals surface area contributed by atoms with Gasteiger partial charge in [-0.15, -0.1) is 11.3 Å². The topological polar surface area (TPSA) is 16.1 Å². The van der Waals surface area contributed by atoms with Gasteiger partial charge in [0, 0.05) is 35.5 Å². The van der Waals surface area contributed by atoms with Gasteiger partial charge in [-0.05, 0) is 71.1 Å². The van der Waals surface area contributed by atoms with Crippen molar-refractivity contribution < 1.29 is 13.2 Å². The van der Waals surface area contributed by atoms with Crippen LogP contribution in [-0.4, -0.2) is 28.6 Å². The average Bonchev–Trinajstić information content (AvgIpc) is 3.05. The van der Waals surface area contributed by atoms with Crippen LogP contribution in [0.5, 0.6) is 0 Å². The van der Waals surface area contributed by atoms with Crippen molar-refractivity contribution in [2.45, 2.75) is 31.5 Å². The van der Waals surface area contributed by atoms with E-state index in [1.165, 1.54) is 26.0 Å². The van der Waals surface area contributed by atoms with E-state index in [-0.39, 0.29) is 12.0 Å². The Balaban J connectivity index is 1.62. The van der Waals surface area contributed by atoms with E-state index in [2.05, 4.69) is 25.8 Å². The number of thiazole rings is 1. The summed E-state index contributed by atoms with van der Waals surface area (Å²) in [6.07, 6.45) is 0. The van der Waals surface area contributed by atoms with Crippen LogP contribution >= 0.6 is 38.9 Å². The molecule has 1 fully saturated rings. The molecular weight excluding hydrogens is 509 g/mol. The van der Waals surface area contributed by atoms with Gasteiger partial charge >= 0.3 is 0 Å². The summed E-state index contributed by atoms with van der Waals surface area (Å²) in [6.45, 7) is 4.11. The van der Waals surface area contributed by atoms with Crippen molar-refractivity contribution in [1.82, 2.24) is 9.88 Å². The quantitative estimate of drug-likeness (QED) is 0.331. The van der Waals surface area contributed by atoms with E-state index in [4.69, 9.17) is 11.6 Å². The Morgan fingerprint density at radius 2 is 1.71 bits per heavy atom. The Morgan fingerprint density at radius 1 is 1.10 bits per heavy atom. The van der Waals surface area contributed by atoms with Crippen LogP contribution in [0.3, 0.4) is 0 Å². The molecule has 3 aromatic rings. The van der Waals surface area contributed by atoms with E-state index in [1.54, 1.807) is 11.3 Å². The molecule has 2 aromatic carbocycles. The highest BCUT2D eigenvalue weighted by atomic mass is 79.9. The number of benzene rings is 2. The Morgan fingerprint density at radius 3 is 2.23 bits per heavy atom. The maximum Gasteiger partial charge on any atom is 0.126 e. The zero-order valence-electron chi connectivity index (χ0n) is 17.0. The molecule has 0 radical (unpaired) electrons. The molecule has 1 aromatic heterocycles. The van der Waals surface area contributed by atoms with Crippen LogP contribution in [0.2, 0.25) is 5.02 Å². The molecule has 2 nitrogen and oxygen atoms in total. The zero-order chi connectivity index (χ0) is 22.3. The molecule has 0 amide bonds. The number of rotatable bonds is 6. The SMILES string of the molecule is CC(C)(F)[C@H](c1cc(F)cc(F)c1)C1CN([C@H](c2ccc(Cl)cc2)c2nc(Br)cs2)C1. The Bertz CT molecular complexity index is 1040. The van der Waals surface area contributed by atoms with Gasteiger partial charge in [0.2, 0.25) is 0 Å². The third kappa shape index (κ3) is 5.00. The summed E-state index contributed by atoms with van der Waals surface area (Å²) < 4.78 is 43.7. The molecule has 1 aliphatic heterocycles. The summed E-state index contributed by atoms with van der Waals surface area (Å²) in [4.78, 5) is 6.82. The summed E-state index contributed by atoms with van der Waals surface area (Å²) in [5.41, 5.74) is -0.232. The fourth-order valence-electron chi connectivity index (χ4n) is 4.50. The normalized spacial score (nSPS) is 17.4. The molecule has 0 N–H and O–H groups in total. The first-order valence-electron chi connectivity index (χ1n) is 9.87. The molecule has 1 saturated heterocycles. The van der Waals surface area contributed by atoms with Crippen LogP contribution in [0, 0.1) is 17.6 Å². The molecule has 31 heavy (non-hydrogen) atoms. The lowest BCUT2D eigenvalue weighted by molar-refractivity contribution is 0.00798. The number of halogens is 5. The molecule has 164 valence electrons. The first kappa shape index (κ1) is 22.8. The molecule has 8 heteroatoms. The van der Waals surface area contributed by atoms with E-state index in [1.807, 2.05) is 29.6 Å². The van der Waals surface area contributed by atoms with Crippen LogP contribution in [0.15, 0.2) is 52.4 Å². The van der Waals surface area contributed by atoms with Gasteiger partial charge in [-0.25, -0.2) is 18.2 Å². The van der Waals surface area contributed by atoms with E-state index >= 15 is 4.39 Å². The van der Waals surface area contributed by atoms with Crippen LogP contribution in [0.25, 0.3) is 0 Å². The molecule has 0 aliphatic carbocycles. The van der Waals surface area contributed by atoms with Gasteiger partial charge < -0.3 is 0 Å². The van der Waals surface area contributed by atoms with Crippen molar-refractivity contribution in [1.29, 1.82) is 0 Å². The second-order valence-corrected chi connectivity index (χ2v) is 10.6. The van der Waals surface area contributed by atoms with Crippen molar-refractivity contribution in [2.75, 3.05) is 13.1 Å². The second kappa shape index (κ2) is 8.85. The number of aromatic nitrogens is 1. The van der Waals surface area contributed by atoms with Crippen LogP contribution in [0.1, 0.15) is 41.9 Å². The van der Waals surface area contributed by atoms with E-state index in [0.717, 1.165) is 21.2 Å². The monoisotopic (exact) mass is 528 g/mol. The van der Waals surface area contributed by atoms with Crippen molar-refractivity contribution in [3.05, 3.63) is 85.2 Å². The Kier molecular flexibility index (Phi) is 6.50. The maximum absolute atomic E-state index is 15.2. The largest absolute Gasteiger partial charge is 0.290 e. The molecule has 2 atom stereocenters. The second-order valence-electron chi connectivity index (χ2n) is 8.42. The van der Waals surface area contributed by atoms with Gasteiger partial charge in [-0.1, -0.05) is 23.7 Å². The third-order valence-electron chi connectivity index (χ3n) is 5.67. The zero-order valence-corrected chi connectivity index (χ0v) is 20.1. The summed E-state index contributed by atoms with van der Waals surface area (Å²) in [6, 6.07) is 10.8. The first-order chi connectivity index (χ1) is 14.6. The van der Waals surface area contributed by atoms with Gasteiger partial charge in [0.25, 0.3) is 0 Å². The molecule has 0 unspecified atom stereocenters. The van der Waals surface area contributed by atoms with E-state index in [0.29, 0.717) is 23.7 Å². The molecule has 2 heterocycles. The van der Waals surface area contributed by atoms with E-state index < -0.39 is 23.2 Å². The lowest BCUT2D eigenvalue weighted by Crippen LogP contribution is -2.53. The highest BCUT2D eigenvalue weighted by Crippen LogP contribution is 2.46. The van der Waals surface area contributed by atoms with Gasteiger partial charge in [-0.2, -0.15) is 0 Å². The summed E-state index contributed by atoms with van der Waals surface area (Å²) in [5, 5.41) is 3.50. The fourth-order valence-corrected chi connectivity index (χ4v) is 6.05. The first-order valence-corrected chi connectivity index (χ1v) is 11.9. The van der Waals surface area contributed by atoms with Gasteiger partial charge in [-0.3, -0.25) is 4.90 Å². The van der Waals surface area contributed by atoms with Crippen molar-refractivity contribution >= 4 is 38.9 Å². The fraction of sp³-hybridized carbons (Fsp3) is 0.348. The van der Waals surface area contributed by atoms with Crippen LogP contribution in [-0.2, 0) is 0 Å². The van der Waals surface area contributed by atoms with Crippen LogP contribution < -0.4 is 0 Å². The average molecular weight is 530 g/mol. The molecule has 0 bridgehead atoms. The van der Waals surface area contributed by atoms with E-state index in [9.17, 15) is 8.78 Å². The molecule has 1 aliphatic rings. The summed E-state index contributed by atoms with van der Waals surface area (Å²) >= 11 is 11.0. The summed E-state index contributed by atoms with van der Waals surface area (Å²) in [5.74, 6) is -2.08. The van der Waals surface area contributed by atoms with Crippen LogP contribution in [0.4, 0.5) is 13.2 Å². The summed E-state index contributed by atoms with van der Waals surface area (Å²) in [7, 11) is 0. The number of alkyl halides is 1. The minimum absolute atomic E-state index is 0.0839.